The summed E-state index contributed by atoms with van der Waals surface area (Å²) < 4.78 is 1.48. The molecule has 0 aliphatic carbocycles. The summed E-state index contributed by atoms with van der Waals surface area (Å²) in [5.74, 6) is 0. The van der Waals surface area contributed by atoms with Crippen LogP contribution < -0.4 is 5.56 Å². The van der Waals surface area contributed by atoms with Gasteiger partial charge in [0.25, 0.3) is 5.56 Å². The molecule has 0 atom stereocenters. The van der Waals surface area contributed by atoms with E-state index in [-0.39, 0.29) is 5.56 Å². The lowest BCUT2D eigenvalue weighted by Gasteiger charge is -1.94. The van der Waals surface area contributed by atoms with Crippen molar-refractivity contribution < 1.29 is 0 Å². The Hall–Kier alpha value is -1.19. The van der Waals surface area contributed by atoms with Gasteiger partial charge in [-0.1, -0.05) is 0 Å². The summed E-state index contributed by atoms with van der Waals surface area (Å²) in [5, 5.41) is 6.94. The molecule has 48 valence electrons. The van der Waals surface area contributed by atoms with E-state index in [2.05, 4.69) is 10.2 Å². The van der Waals surface area contributed by atoms with E-state index in [9.17, 15) is 4.79 Å². The Labute approximate surface area is 52.2 Å². The van der Waals surface area contributed by atoms with Gasteiger partial charge in [0, 0.05) is 6.54 Å². The first-order valence-corrected chi connectivity index (χ1v) is 2.71. The van der Waals surface area contributed by atoms with Crippen molar-refractivity contribution in [1.82, 2.24) is 14.8 Å². The molecule has 0 aromatic carbocycles. The van der Waals surface area contributed by atoms with Crippen LogP contribution in [-0.4, -0.2) is 14.8 Å². The molecule has 1 heterocycles. The van der Waals surface area contributed by atoms with Crippen molar-refractivity contribution in [1.29, 1.82) is 0 Å². The SMILES string of the molecule is CCn1cnncc1=O. The molecule has 0 fully saturated rings. The summed E-state index contributed by atoms with van der Waals surface area (Å²) in [7, 11) is 0. The second kappa shape index (κ2) is 2.39. The largest absolute Gasteiger partial charge is 0.297 e. The van der Waals surface area contributed by atoms with Gasteiger partial charge in [-0.25, -0.2) is 0 Å². The zero-order valence-electron chi connectivity index (χ0n) is 5.11. The van der Waals surface area contributed by atoms with Crippen molar-refractivity contribution in [3.05, 3.63) is 22.9 Å². The molecule has 1 aromatic rings. The monoisotopic (exact) mass is 125 g/mol. The minimum Gasteiger partial charge on any atom is -0.297 e. The number of hydrogen-bond donors (Lipinski definition) is 0. The van der Waals surface area contributed by atoms with Crippen molar-refractivity contribution in [2.45, 2.75) is 13.5 Å². The molecule has 1 rings (SSSR count). The van der Waals surface area contributed by atoms with Crippen LogP contribution in [0.15, 0.2) is 17.3 Å². The van der Waals surface area contributed by atoms with Crippen molar-refractivity contribution in [2.24, 2.45) is 0 Å². The van der Waals surface area contributed by atoms with Gasteiger partial charge in [0.1, 0.15) is 12.5 Å². The normalized spacial score (nSPS) is 9.44. The molecule has 9 heavy (non-hydrogen) atoms. The van der Waals surface area contributed by atoms with Crippen LogP contribution in [-0.2, 0) is 6.54 Å². The third-order valence-electron chi connectivity index (χ3n) is 1.05. The standard InChI is InChI=1S/C5H7N3O/c1-2-8-4-7-6-3-5(8)9/h3-4H,2H2,1H3. The lowest BCUT2D eigenvalue weighted by atomic mass is 10.7. The van der Waals surface area contributed by atoms with Gasteiger partial charge in [0.2, 0.25) is 0 Å². The van der Waals surface area contributed by atoms with Crippen LogP contribution in [0.4, 0.5) is 0 Å². The van der Waals surface area contributed by atoms with E-state index in [1.165, 1.54) is 17.1 Å². The van der Waals surface area contributed by atoms with Crippen LogP contribution in [0.5, 0.6) is 0 Å². The average Bonchev–Trinajstić information content (AvgIpc) is 1.89. The fraction of sp³-hybridized carbons (Fsp3) is 0.400. The van der Waals surface area contributed by atoms with E-state index in [1.807, 2.05) is 6.92 Å². The molecule has 0 saturated heterocycles. The average molecular weight is 125 g/mol. The number of aryl methyl sites for hydroxylation is 1. The lowest BCUT2D eigenvalue weighted by molar-refractivity contribution is 0.681. The molecule has 0 saturated carbocycles. The Morgan fingerprint density at radius 3 is 2.89 bits per heavy atom. The van der Waals surface area contributed by atoms with Crippen LogP contribution in [0.1, 0.15) is 6.92 Å². The second-order valence-electron chi connectivity index (χ2n) is 1.60. The van der Waals surface area contributed by atoms with Crippen molar-refractivity contribution in [3.8, 4) is 0 Å². The first-order chi connectivity index (χ1) is 4.34. The van der Waals surface area contributed by atoms with Crippen LogP contribution in [0.3, 0.4) is 0 Å². The molecule has 0 spiro atoms. The second-order valence-corrected chi connectivity index (χ2v) is 1.60. The quantitative estimate of drug-likeness (QED) is 0.515. The molecule has 0 aliphatic heterocycles. The third kappa shape index (κ3) is 1.13. The number of hydrogen-bond acceptors (Lipinski definition) is 3. The number of nitrogens with zero attached hydrogens (tertiary/aromatic N) is 3. The Balaban J connectivity index is 3.16. The minimum atomic E-state index is -0.104. The maximum Gasteiger partial charge on any atom is 0.272 e. The number of rotatable bonds is 1. The molecule has 0 amide bonds. The highest BCUT2D eigenvalue weighted by Gasteiger charge is 1.87. The topological polar surface area (TPSA) is 47.8 Å². The predicted octanol–water partition coefficient (Wildman–Crippen LogP) is -0.342. The molecule has 0 unspecified atom stereocenters. The predicted molar refractivity (Wildman–Crippen MR) is 32.0 cm³/mol. The molecule has 0 aliphatic rings. The fourth-order valence-electron chi connectivity index (χ4n) is 0.543. The Morgan fingerprint density at radius 1 is 1.67 bits per heavy atom. The zero-order valence-corrected chi connectivity index (χ0v) is 5.11. The van der Waals surface area contributed by atoms with E-state index >= 15 is 0 Å². The zero-order chi connectivity index (χ0) is 6.69. The molecular weight excluding hydrogens is 118 g/mol. The fourth-order valence-corrected chi connectivity index (χ4v) is 0.543. The first kappa shape index (κ1) is 5.94. The van der Waals surface area contributed by atoms with Gasteiger partial charge in [0.05, 0.1) is 0 Å². The van der Waals surface area contributed by atoms with Gasteiger partial charge < -0.3 is 0 Å². The van der Waals surface area contributed by atoms with E-state index in [0.717, 1.165) is 0 Å². The highest BCUT2D eigenvalue weighted by atomic mass is 16.1. The molecular formula is C5H7N3O. The van der Waals surface area contributed by atoms with Gasteiger partial charge in [0.15, 0.2) is 0 Å². The Bertz CT molecular complexity index is 242. The van der Waals surface area contributed by atoms with E-state index in [0.29, 0.717) is 6.54 Å². The summed E-state index contributed by atoms with van der Waals surface area (Å²) >= 11 is 0. The van der Waals surface area contributed by atoms with Crippen molar-refractivity contribution in [3.63, 3.8) is 0 Å². The Morgan fingerprint density at radius 2 is 2.44 bits per heavy atom. The maximum absolute atomic E-state index is 10.7. The summed E-state index contributed by atoms with van der Waals surface area (Å²) in [6.07, 6.45) is 2.62. The highest BCUT2D eigenvalue weighted by Crippen LogP contribution is 1.70. The van der Waals surface area contributed by atoms with Gasteiger partial charge in [-0.2, -0.15) is 5.10 Å². The van der Waals surface area contributed by atoms with Crippen molar-refractivity contribution >= 4 is 0 Å². The van der Waals surface area contributed by atoms with E-state index < -0.39 is 0 Å². The molecule has 0 N–H and O–H groups in total. The molecule has 0 bridgehead atoms. The highest BCUT2D eigenvalue weighted by molar-refractivity contribution is 4.70. The van der Waals surface area contributed by atoms with Crippen molar-refractivity contribution in [2.75, 3.05) is 0 Å². The summed E-state index contributed by atoms with van der Waals surface area (Å²) in [4.78, 5) is 10.7. The van der Waals surface area contributed by atoms with E-state index in [4.69, 9.17) is 0 Å². The van der Waals surface area contributed by atoms with Gasteiger partial charge in [-0.3, -0.25) is 9.36 Å². The summed E-state index contributed by atoms with van der Waals surface area (Å²) in [6.45, 7) is 2.53. The minimum absolute atomic E-state index is 0.104. The van der Waals surface area contributed by atoms with Gasteiger partial charge in [-0.05, 0) is 6.92 Å². The molecule has 0 radical (unpaired) electrons. The van der Waals surface area contributed by atoms with Gasteiger partial charge >= 0.3 is 0 Å². The van der Waals surface area contributed by atoms with Crippen LogP contribution in [0.2, 0.25) is 0 Å². The number of aromatic nitrogens is 3. The summed E-state index contributed by atoms with van der Waals surface area (Å²) in [6, 6.07) is 0. The first-order valence-electron chi connectivity index (χ1n) is 2.71. The Kier molecular flexibility index (Phi) is 1.58. The van der Waals surface area contributed by atoms with Crippen LogP contribution in [0.25, 0.3) is 0 Å². The van der Waals surface area contributed by atoms with Crippen LogP contribution >= 0.6 is 0 Å². The smallest absolute Gasteiger partial charge is 0.272 e. The van der Waals surface area contributed by atoms with Crippen LogP contribution in [0, 0.1) is 0 Å². The molecule has 4 nitrogen and oxygen atoms in total. The van der Waals surface area contributed by atoms with Gasteiger partial charge in [-0.15, -0.1) is 5.10 Å². The molecule has 1 aromatic heterocycles. The van der Waals surface area contributed by atoms with E-state index in [1.54, 1.807) is 0 Å². The molecule has 4 heteroatoms. The lowest BCUT2D eigenvalue weighted by Crippen LogP contribution is -2.18. The summed E-state index contributed by atoms with van der Waals surface area (Å²) in [5.41, 5.74) is -0.104. The third-order valence-corrected chi connectivity index (χ3v) is 1.05. The maximum atomic E-state index is 10.7.